The molecule has 2 rings (SSSR count). The number of aromatic nitrogens is 1. The molecule has 0 radical (unpaired) electrons. The highest BCUT2D eigenvalue weighted by Gasteiger charge is 2.22. The number of anilines is 1. The van der Waals surface area contributed by atoms with Gasteiger partial charge in [0.25, 0.3) is 0 Å². The summed E-state index contributed by atoms with van der Waals surface area (Å²) in [5, 5.41) is 6.63. The Balaban J connectivity index is 0.00000220. The molecule has 1 aliphatic heterocycles. The molecule has 1 saturated heterocycles. The largest absolute Gasteiger partial charge is 0.317 e. The van der Waals surface area contributed by atoms with Gasteiger partial charge in [-0.05, 0) is 37.8 Å². The van der Waals surface area contributed by atoms with E-state index < -0.39 is 0 Å². The SMILES string of the molecule is CC(=O)c1cnc(NC(=O)CC(C)C2CCNCC2)s1.Cl. The van der Waals surface area contributed by atoms with Crippen molar-refractivity contribution in [3.63, 3.8) is 0 Å². The second-order valence-electron chi connectivity index (χ2n) is 5.40. The number of carbonyl (C=O) groups is 2. The fourth-order valence-electron chi connectivity index (χ4n) is 2.54. The Morgan fingerprint density at radius 2 is 2.14 bits per heavy atom. The van der Waals surface area contributed by atoms with Gasteiger partial charge in [-0.15, -0.1) is 12.4 Å². The number of ketones is 1. The van der Waals surface area contributed by atoms with E-state index in [0.717, 1.165) is 25.9 Å². The molecule has 118 valence electrons. The molecule has 1 unspecified atom stereocenters. The van der Waals surface area contributed by atoms with Gasteiger partial charge in [0.1, 0.15) is 0 Å². The molecule has 1 aromatic rings. The van der Waals surface area contributed by atoms with Gasteiger partial charge < -0.3 is 10.6 Å². The first kappa shape index (κ1) is 18.1. The van der Waals surface area contributed by atoms with E-state index in [0.29, 0.717) is 28.3 Å². The number of Topliss-reactive ketones (excluding diaryl/α,β-unsaturated/α-hetero) is 1. The normalized spacial score (nSPS) is 16.9. The Labute approximate surface area is 135 Å². The molecule has 7 heteroatoms. The molecule has 21 heavy (non-hydrogen) atoms. The number of amides is 1. The molecule has 0 bridgehead atoms. The Hall–Kier alpha value is -0.980. The van der Waals surface area contributed by atoms with Crippen LogP contribution in [0.1, 0.15) is 42.8 Å². The van der Waals surface area contributed by atoms with Crippen molar-refractivity contribution in [2.45, 2.75) is 33.1 Å². The van der Waals surface area contributed by atoms with Crippen LogP contribution in [0.3, 0.4) is 0 Å². The van der Waals surface area contributed by atoms with Crippen molar-refractivity contribution in [2.24, 2.45) is 11.8 Å². The second kappa shape index (κ2) is 8.46. The van der Waals surface area contributed by atoms with Gasteiger partial charge in [0, 0.05) is 13.3 Å². The molecule has 2 N–H and O–H groups in total. The Kier molecular flexibility index (Phi) is 7.28. The topological polar surface area (TPSA) is 71.1 Å². The summed E-state index contributed by atoms with van der Waals surface area (Å²) in [4.78, 5) is 27.8. The summed E-state index contributed by atoms with van der Waals surface area (Å²) < 4.78 is 0. The van der Waals surface area contributed by atoms with Crippen molar-refractivity contribution >= 4 is 40.6 Å². The maximum atomic E-state index is 12.0. The minimum absolute atomic E-state index is 0. The van der Waals surface area contributed by atoms with Crippen LogP contribution in [0.15, 0.2) is 6.20 Å². The minimum atomic E-state index is -0.0222. The van der Waals surface area contributed by atoms with Gasteiger partial charge in [-0.25, -0.2) is 4.98 Å². The lowest BCUT2D eigenvalue weighted by Gasteiger charge is -2.27. The van der Waals surface area contributed by atoms with E-state index in [-0.39, 0.29) is 24.1 Å². The van der Waals surface area contributed by atoms with Gasteiger partial charge in [-0.1, -0.05) is 18.3 Å². The van der Waals surface area contributed by atoms with Gasteiger partial charge in [0.2, 0.25) is 5.91 Å². The molecule has 0 aliphatic carbocycles. The molecule has 1 amide bonds. The van der Waals surface area contributed by atoms with Crippen LogP contribution in [0, 0.1) is 11.8 Å². The number of thiazole rings is 1. The number of nitrogens with zero attached hydrogens (tertiary/aromatic N) is 1. The first-order chi connectivity index (χ1) is 9.56. The summed E-state index contributed by atoms with van der Waals surface area (Å²) in [5.74, 6) is 0.960. The zero-order chi connectivity index (χ0) is 14.5. The smallest absolute Gasteiger partial charge is 0.226 e. The Bertz CT molecular complexity index is 486. The highest BCUT2D eigenvalue weighted by molar-refractivity contribution is 7.17. The van der Waals surface area contributed by atoms with E-state index in [4.69, 9.17) is 0 Å². The van der Waals surface area contributed by atoms with Crippen LogP contribution in [-0.2, 0) is 4.79 Å². The molecular formula is C14H22ClN3O2S. The third-order valence-corrected chi connectivity index (χ3v) is 4.81. The number of piperidine rings is 1. The van der Waals surface area contributed by atoms with Gasteiger partial charge >= 0.3 is 0 Å². The maximum absolute atomic E-state index is 12.0. The van der Waals surface area contributed by atoms with Crippen LogP contribution < -0.4 is 10.6 Å². The molecule has 1 atom stereocenters. The first-order valence-electron chi connectivity index (χ1n) is 7.03. The molecule has 0 spiro atoms. The van der Waals surface area contributed by atoms with Gasteiger partial charge in [-0.2, -0.15) is 0 Å². The van der Waals surface area contributed by atoms with Crippen molar-refractivity contribution in [2.75, 3.05) is 18.4 Å². The standard InChI is InChI=1S/C14H21N3O2S.ClH/c1-9(11-3-5-15-6-4-11)7-13(19)17-14-16-8-12(20-14)10(2)18;/h8-9,11,15H,3-7H2,1-2H3,(H,16,17,19);1H. The lowest BCUT2D eigenvalue weighted by Crippen LogP contribution is -2.32. The summed E-state index contributed by atoms with van der Waals surface area (Å²) in [6.45, 7) is 5.73. The maximum Gasteiger partial charge on any atom is 0.226 e. The molecule has 0 aromatic carbocycles. The van der Waals surface area contributed by atoms with E-state index >= 15 is 0 Å². The van der Waals surface area contributed by atoms with Gasteiger partial charge in [0.05, 0.1) is 11.1 Å². The number of halogens is 1. The lowest BCUT2D eigenvalue weighted by molar-refractivity contribution is -0.117. The van der Waals surface area contributed by atoms with Crippen LogP contribution >= 0.6 is 23.7 Å². The van der Waals surface area contributed by atoms with Crippen LogP contribution in [0.4, 0.5) is 5.13 Å². The third-order valence-electron chi connectivity index (χ3n) is 3.79. The number of hydrogen-bond acceptors (Lipinski definition) is 5. The number of hydrogen-bond donors (Lipinski definition) is 2. The van der Waals surface area contributed by atoms with E-state index in [1.165, 1.54) is 24.5 Å². The zero-order valence-corrected chi connectivity index (χ0v) is 14.0. The third kappa shape index (κ3) is 5.37. The van der Waals surface area contributed by atoms with E-state index in [9.17, 15) is 9.59 Å². The average molecular weight is 332 g/mol. The number of nitrogens with one attached hydrogen (secondary N) is 2. The summed E-state index contributed by atoms with van der Waals surface area (Å²) in [7, 11) is 0. The molecular weight excluding hydrogens is 310 g/mol. The van der Waals surface area contributed by atoms with Crippen LogP contribution in [-0.4, -0.2) is 29.8 Å². The van der Waals surface area contributed by atoms with Crippen molar-refractivity contribution in [1.82, 2.24) is 10.3 Å². The van der Waals surface area contributed by atoms with Crippen molar-refractivity contribution in [3.8, 4) is 0 Å². The zero-order valence-electron chi connectivity index (χ0n) is 12.3. The van der Waals surface area contributed by atoms with E-state index in [2.05, 4.69) is 22.5 Å². The Morgan fingerprint density at radius 1 is 1.48 bits per heavy atom. The minimum Gasteiger partial charge on any atom is -0.317 e. The van der Waals surface area contributed by atoms with Crippen LogP contribution in [0.25, 0.3) is 0 Å². The van der Waals surface area contributed by atoms with Gasteiger partial charge in [-0.3, -0.25) is 9.59 Å². The molecule has 1 aromatic heterocycles. The monoisotopic (exact) mass is 331 g/mol. The second-order valence-corrected chi connectivity index (χ2v) is 6.43. The van der Waals surface area contributed by atoms with E-state index in [1.807, 2.05) is 0 Å². The predicted molar refractivity (Wildman–Crippen MR) is 87.4 cm³/mol. The molecule has 0 saturated carbocycles. The summed E-state index contributed by atoms with van der Waals surface area (Å²) >= 11 is 1.23. The predicted octanol–water partition coefficient (Wildman–Crippen LogP) is 2.73. The fraction of sp³-hybridized carbons (Fsp3) is 0.643. The highest BCUT2D eigenvalue weighted by atomic mass is 35.5. The quantitative estimate of drug-likeness (QED) is 0.814. The summed E-state index contributed by atoms with van der Waals surface area (Å²) in [6, 6.07) is 0. The number of rotatable bonds is 5. The van der Waals surface area contributed by atoms with Gasteiger partial charge in [0.15, 0.2) is 10.9 Å². The average Bonchev–Trinajstić information content (AvgIpc) is 2.88. The van der Waals surface area contributed by atoms with E-state index in [1.54, 1.807) is 0 Å². The molecule has 1 fully saturated rings. The summed E-state index contributed by atoms with van der Waals surface area (Å²) in [6.07, 6.45) is 4.30. The molecule has 5 nitrogen and oxygen atoms in total. The molecule has 2 heterocycles. The van der Waals surface area contributed by atoms with Crippen molar-refractivity contribution in [1.29, 1.82) is 0 Å². The Morgan fingerprint density at radius 3 is 2.71 bits per heavy atom. The van der Waals surface area contributed by atoms with Crippen molar-refractivity contribution in [3.05, 3.63) is 11.1 Å². The fourth-order valence-corrected chi connectivity index (χ4v) is 3.27. The highest BCUT2D eigenvalue weighted by Crippen LogP contribution is 2.25. The lowest BCUT2D eigenvalue weighted by atomic mass is 9.84. The first-order valence-corrected chi connectivity index (χ1v) is 7.85. The molecule has 1 aliphatic rings. The number of carbonyl (C=O) groups excluding carboxylic acids is 2. The summed E-state index contributed by atoms with van der Waals surface area (Å²) in [5.41, 5.74) is 0. The van der Waals surface area contributed by atoms with Crippen LogP contribution in [0.5, 0.6) is 0 Å². The van der Waals surface area contributed by atoms with Crippen LogP contribution in [0.2, 0.25) is 0 Å². The van der Waals surface area contributed by atoms with Crippen molar-refractivity contribution < 1.29 is 9.59 Å².